The average Bonchev–Trinajstić information content (AvgIpc) is 2.88. The molecule has 2 heterocycles. The van der Waals surface area contributed by atoms with Crippen LogP contribution in [0.1, 0.15) is 21.7 Å². The predicted molar refractivity (Wildman–Crippen MR) is 90.5 cm³/mol. The summed E-state index contributed by atoms with van der Waals surface area (Å²) in [5.74, 6) is -0.316. The average molecular weight is 351 g/mol. The lowest BCUT2D eigenvalue weighted by atomic mass is 10.2. The van der Waals surface area contributed by atoms with Gasteiger partial charge in [0.25, 0.3) is 5.91 Å². The van der Waals surface area contributed by atoms with E-state index in [9.17, 15) is 9.18 Å². The van der Waals surface area contributed by atoms with Crippen LogP contribution in [-0.4, -0.2) is 51.7 Å². The molecule has 1 aliphatic heterocycles. The summed E-state index contributed by atoms with van der Waals surface area (Å²) in [6.45, 7) is 5.36. The molecule has 2 aromatic rings. The van der Waals surface area contributed by atoms with Gasteiger partial charge in [-0.3, -0.25) is 14.4 Å². The summed E-state index contributed by atoms with van der Waals surface area (Å²) in [6.07, 6.45) is 0. The number of piperazine rings is 1. The van der Waals surface area contributed by atoms with Crippen LogP contribution in [0.5, 0.6) is 0 Å². The molecule has 24 heavy (non-hydrogen) atoms. The first kappa shape index (κ1) is 16.9. The molecular weight excluding hydrogens is 331 g/mol. The number of halogens is 2. The Morgan fingerprint density at radius 3 is 2.54 bits per heavy atom. The molecule has 0 N–H and O–H groups in total. The first-order chi connectivity index (χ1) is 11.4. The number of nitrogens with zero attached hydrogens (tertiary/aromatic N) is 4. The van der Waals surface area contributed by atoms with E-state index in [0.29, 0.717) is 30.4 Å². The van der Waals surface area contributed by atoms with Crippen LogP contribution in [0.15, 0.2) is 24.3 Å². The van der Waals surface area contributed by atoms with Gasteiger partial charge in [-0.2, -0.15) is 5.10 Å². The molecule has 0 atom stereocenters. The smallest absolute Gasteiger partial charge is 0.272 e. The van der Waals surface area contributed by atoms with E-state index in [-0.39, 0.29) is 11.7 Å². The van der Waals surface area contributed by atoms with E-state index in [1.807, 2.05) is 17.9 Å². The minimum atomic E-state index is -0.328. The topological polar surface area (TPSA) is 41.4 Å². The summed E-state index contributed by atoms with van der Waals surface area (Å²) in [4.78, 5) is 16.6. The molecule has 1 amide bonds. The fraction of sp³-hybridized carbons (Fsp3) is 0.412. The Labute approximate surface area is 145 Å². The second-order valence-electron chi connectivity index (χ2n) is 6.10. The largest absolute Gasteiger partial charge is 0.335 e. The minimum Gasteiger partial charge on any atom is -0.335 e. The molecule has 1 saturated heterocycles. The van der Waals surface area contributed by atoms with Gasteiger partial charge in [0, 0.05) is 44.8 Å². The Kier molecular flexibility index (Phi) is 4.87. The van der Waals surface area contributed by atoms with Crippen LogP contribution in [0.25, 0.3) is 0 Å². The quantitative estimate of drug-likeness (QED) is 0.854. The Morgan fingerprint density at radius 1 is 1.25 bits per heavy atom. The molecule has 1 fully saturated rings. The van der Waals surface area contributed by atoms with Gasteiger partial charge in [-0.1, -0.05) is 17.7 Å². The number of rotatable bonds is 3. The van der Waals surface area contributed by atoms with Crippen molar-refractivity contribution in [2.24, 2.45) is 7.05 Å². The lowest BCUT2D eigenvalue weighted by Gasteiger charge is -2.34. The lowest BCUT2D eigenvalue weighted by Crippen LogP contribution is -2.48. The predicted octanol–water partition coefficient (Wildman–Crippen LogP) is 2.48. The number of carbonyl (C=O) groups excluding carboxylic acids is 1. The maximum absolute atomic E-state index is 13.1. The molecule has 0 radical (unpaired) electrons. The number of amides is 1. The van der Waals surface area contributed by atoms with Crippen LogP contribution in [0.3, 0.4) is 0 Å². The number of benzene rings is 1. The van der Waals surface area contributed by atoms with Crippen molar-refractivity contribution in [2.75, 3.05) is 26.2 Å². The van der Waals surface area contributed by atoms with Gasteiger partial charge in [-0.15, -0.1) is 0 Å². The highest BCUT2D eigenvalue weighted by atomic mass is 35.5. The highest BCUT2D eigenvalue weighted by Crippen LogP contribution is 2.20. The van der Waals surface area contributed by atoms with Crippen LogP contribution < -0.4 is 0 Å². The van der Waals surface area contributed by atoms with E-state index >= 15 is 0 Å². The fourth-order valence-electron chi connectivity index (χ4n) is 2.97. The van der Waals surface area contributed by atoms with Gasteiger partial charge >= 0.3 is 0 Å². The van der Waals surface area contributed by atoms with Gasteiger partial charge in [0.15, 0.2) is 0 Å². The van der Waals surface area contributed by atoms with Crippen LogP contribution in [-0.2, 0) is 13.6 Å². The number of aromatic nitrogens is 2. The number of carbonyl (C=O) groups is 1. The summed E-state index contributed by atoms with van der Waals surface area (Å²) in [5, 5.41) is 4.67. The van der Waals surface area contributed by atoms with Crippen LogP contribution >= 0.6 is 11.6 Å². The maximum atomic E-state index is 13.1. The van der Waals surface area contributed by atoms with E-state index < -0.39 is 0 Å². The zero-order chi connectivity index (χ0) is 17.3. The zero-order valence-corrected chi connectivity index (χ0v) is 14.6. The first-order valence-corrected chi connectivity index (χ1v) is 8.28. The van der Waals surface area contributed by atoms with E-state index in [4.69, 9.17) is 11.6 Å². The van der Waals surface area contributed by atoms with Crippen molar-refractivity contribution in [3.05, 3.63) is 52.1 Å². The molecule has 3 rings (SSSR count). The van der Waals surface area contributed by atoms with E-state index in [1.165, 1.54) is 12.1 Å². The second kappa shape index (κ2) is 6.91. The molecule has 0 unspecified atom stereocenters. The SMILES string of the molecule is Cc1cc(C(=O)N2CCN(Cc3ccc(F)cc3Cl)CC2)n(C)n1. The van der Waals surface area contributed by atoms with Gasteiger partial charge in [-0.05, 0) is 30.7 Å². The van der Waals surface area contributed by atoms with E-state index in [0.717, 1.165) is 24.3 Å². The summed E-state index contributed by atoms with van der Waals surface area (Å²) >= 11 is 6.09. The Hall–Kier alpha value is -1.92. The molecule has 1 aromatic carbocycles. The molecule has 0 spiro atoms. The zero-order valence-electron chi connectivity index (χ0n) is 13.8. The van der Waals surface area contributed by atoms with Gasteiger partial charge in [-0.25, -0.2) is 4.39 Å². The van der Waals surface area contributed by atoms with Gasteiger partial charge in [0.05, 0.1) is 5.69 Å². The first-order valence-electron chi connectivity index (χ1n) is 7.90. The highest BCUT2D eigenvalue weighted by Gasteiger charge is 2.24. The van der Waals surface area contributed by atoms with Crippen LogP contribution in [0.4, 0.5) is 4.39 Å². The van der Waals surface area contributed by atoms with Crippen molar-refractivity contribution < 1.29 is 9.18 Å². The summed E-state index contributed by atoms with van der Waals surface area (Å²) in [7, 11) is 1.78. The number of hydrogen-bond acceptors (Lipinski definition) is 3. The molecule has 1 aliphatic rings. The Balaban J connectivity index is 1.59. The number of aryl methyl sites for hydroxylation is 2. The van der Waals surface area contributed by atoms with Crippen molar-refractivity contribution in [1.82, 2.24) is 19.6 Å². The number of hydrogen-bond donors (Lipinski definition) is 0. The third-order valence-electron chi connectivity index (χ3n) is 4.29. The van der Waals surface area contributed by atoms with Crippen molar-refractivity contribution >= 4 is 17.5 Å². The monoisotopic (exact) mass is 350 g/mol. The van der Waals surface area contributed by atoms with Crippen molar-refractivity contribution in [2.45, 2.75) is 13.5 Å². The fourth-order valence-corrected chi connectivity index (χ4v) is 3.20. The third-order valence-corrected chi connectivity index (χ3v) is 4.64. The summed E-state index contributed by atoms with van der Waals surface area (Å²) < 4.78 is 14.7. The molecule has 128 valence electrons. The summed E-state index contributed by atoms with van der Waals surface area (Å²) in [6, 6.07) is 6.29. The van der Waals surface area contributed by atoms with Crippen molar-refractivity contribution in [3.63, 3.8) is 0 Å². The van der Waals surface area contributed by atoms with Crippen LogP contribution in [0.2, 0.25) is 5.02 Å². The molecule has 0 saturated carbocycles. The minimum absolute atomic E-state index is 0.0116. The summed E-state index contributed by atoms with van der Waals surface area (Å²) in [5.41, 5.74) is 2.35. The molecular formula is C17H20ClFN4O. The van der Waals surface area contributed by atoms with Crippen molar-refractivity contribution in [3.8, 4) is 0 Å². The molecule has 7 heteroatoms. The van der Waals surface area contributed by atoms with E-state index in [2.05, 4.69) is 10.00 Å². The lowest BCUT2D eigenvalue weighted by molar-refractivity contribution is 0.0617. The normalized spacial score (nSPS) is 15.8. The second-order valence-corrected chi connectivity index (χ2v) is 6.51. The molecule has 0 bridgehead atoms. The third kappa shape index (κ3) is 3.60. The standard InChI is InChI=1S/C17H20ClFN4O/c1-12-9-16(21(2)20-12)17(24)23-7-5-22(6-8-23)11-13-3-4-14(19)10-15(13)18/h3-4,9-10H,5-8,11H2,1-2H3. The van der Waals surface area contributed by atoms with Gasteiger partial charge in [0.2, 0.25) is 0 Å². The Morgan fingerprint density at radius 2 is 1.96 bits per heavy atom. The highest BCUT2D eigenvalue weighted by molar-refractivity contribution is 6.31. The van der Waals surface area contributed by atoms with Crippen molar-refractivity contribution in [1.29, 1.82) is 0 Å². The molecule has 0 aliphatic carbocycles. The van der Waals surface area contributed by atoms with E-state index in [1.54, 1.807) is 17.8 Å². The maximum Gasteiger partial charge on any atom is 0.272 e. The van der Waals surface area contributed by atoms with Gasteiger partial charge in [0.1, 0.15) is 11.5 Å². The van der Waals surface area contributed by atoms with Gasteiger partial charge < -0.3 is 4.90 Å². The molecule has 1 aromatic heterocycles. The Bertz CT molecular complexity index is 753. The molecule has 5 nitrogen and oxygen atoms in total. The van der Waals surface area contributed by atoms with Crippen LogP contribution in [0, 0.1) is 12.7 Å².